The Morgan fingerprint density at radius 1 is 1.17 bits per heavy atom. The van der Waals surface area contributed by atoms with E-state index in [-0.39, 0.29) is 11.2 Å². The second-order valence-electron chi connectivity index (χ2n) is 9.70. The number of hydrogen-bond donors (Lipinski definition) is 0. The first kappa shape index (κ1) is 25.0. The van der Waals surface area contributed by atoms with E-state index in [0.717, 1.165) is 37.0 Å². The number of aliphatic imine (C=N–C) groups is 1. The lowest BCUT2D eigenvalue weighted by Crippen LogP contribution is -2.26. The third-order valence-corrected chi connectivity index (χ3v) is 7.51. The minimum atomic E-state index is -0.722. The number of non-ortho nitro benzene ring substituents is 1. The van der Waals surface area contributed by atoms with Gasteiger partial charge in [0.15, 0.2) is 0 Å². The largest absolute Gasteiger partial charge is 0.450 e. The highest BCUT2D eigenvalue weighted by atomic mass is 32.1. The maximum absolute atomic E-state index is 11.4. The van der Waals surface area contributed by atoms with Crippen LogP contribution >= 0.6 is 11.3 Å². The maximum Gasteiger partial charge on any atom is 0.318 e. The summed E-state index contributed by atoms with van der Waals surface area (Å²) in [6.45, 7) is 6.75. The molecule has 184 valence electrons. The second-order valence-corrected chi connectivity index (χ2v) is 10.8. The van der Waals surface area contributed by atoms with E-state index in [1.54, 1.807) is 41.8 Å². The van der Waals surface area contributed by atoms with Crippen LogP contribution in [-0.4, -0.2) is 16.1 Å². The fourth-order valence-electron chi connectivity index (χ4n) is 4.28. The number of fused-ring (bicyclic) bond motifs is 1. The molecule has 0 amide bonds. The van der Waals surface area contributed by atoms with Crippen LogP contribution in [0.5, 0.6) is 11.5 Å². The van der Waals surface area contributed by atoms with Crippen LogP contribution in [0.4, 0.5) is 16.4 Å². The third-order valence-electron chi connectivity index (χ3n) is 6.35. The van der Waals surface area contributed by atoms with Gasteiger partial charge in [-0.15, -0.1) is 11.3 Å². The van der Waals surface area contributed by atoms with Crippen molar-refractivity contribution in [2.24, 2.45) is 16.3 Å². The number of nitrogens with zero attached hydrogens (tertiary/aromatic N) is 4. The molecule has 0 radical (unpaired) electrons. The van der Waals surface area contributed by atoms with E-state index in [1.165, 1.54) is 10.9 Å². The van der Waals surface area contributed by atoms with Crippen molar-refractivity contribution in [2.75, 3.05) is 0 Å². The van der Waals surface area contributed by atoms with E-state index in [2.05, 4.69) is 31.8 Å². The average molecular weight is 505 g/mol. The number of nitro groups is 2. The molecule has 9 nitrogen and oxygen atoms in total. The predicted molar refractivity (Wildman–Crippen MR) is 138 cm³/mol. The Balaban J connectivity index is 1.58. The summed E-state index contributed by atoms with van der Waals surface area (Å²) in [6, 6.07) is 12.4. The molecule has 1 aliphatic rings. The second kappa shape index (κ2) is 9.87. The zero-order valence-corrected chi connectivity index (χ0v) is 20.9. The van der Waals surface area contributed by atoms with E-state index in [9.17, 15) is 25.5 Å². The normalized spacial score (nSPS) is 15.3. The van der Waals surface area contributed by atoms with Crippen molar-refractivity contribution in [3.8, 4) is 17.6 Å². The van der Waals surface area contributed by atoms with Gasteiger partial charge in [0.1, 0.15) is 16.8 Å². The summed E-state index contributed by atoms with van der Waals surface area (Å²) in [4.78, 5) is 26.8. The molecule has 2 aromatic carbocycles. The summed E-state index contributed by atoms with van der Waals surface area (Å²) in [7, 11) is 0. The van der Waals surface area contributed by atoms with Gasteiger partial charge in [-0.3, -0.25) is 20.2 Å². The van der Waals surface area contributed by atoms with Crippen molar-refractivity contribution in [3.05, 3.63) is 84.3 Å². The van der Waals surface area contributed by atoms with Crippen LogP contribution in [0.3, 0.4) is 0 Å². The quantitative estimate of drug-likeness (QED) is 0.199. The summed E-state index contributed by atoms with van der Waals surface area (Å²) in [6.07, 6.45) is 4.52. The number of hydrogen-bond acceptors (Lipinski definition) is 8. The highest BCUT2D eigenvalue weighted by Gasteiger charge is 2.32. The lowest BCUT2D eigenvalue weighted by molar-refractivity contribution is -0.394. The van der Waals surface area contributed by atoms with Crippen molar-refractivity contribution in [2.45, 2.75) is 40.0 Å². The molecular formula is C26H24N4O5S. The summed E-state index contributed by atoms with van der Waals surface area (Å²) in [5.41, 5.74) is 1.73. The highest BCUT2D eigenvalue weighted by Crippen LogP contribution is 2.45. The molecule has 36 heavy (non-hydrogen) atoms. The SMILES string of the molecule is CC(C)(C)[C@H]1CCc2c(sc(N=Cc3cccc(Oc4ccc([N+](=O)[O-])cc4[N+](=O)[O-])c3)c2C#N)C1. The molecule has 1 heterocycles. The van der Waals surface area contributed by atoms with E-state index in [0.29, 0.717) is 27.8 Å². The van der Waals surface area contributed by atoms with Gasteiger partial charge >= 0.3 is 5.69 Å². The van der Waals surface area contributed by atoms with Crippen molar-refractivity contribution in [1.82, 2.24) is 0 Å². The number of nitriles is 1. The molecule has 1 atom stereocenters. The van der Waals surface area contributed by atoms with Crippen LogP contribution in [0.25, 0.3) is 0 Å². The lowest BCUT2D eigenvalue weighted by Gasteiger charge is -2.33. The maximum atomic E-state index is 11.4. The summed E-state index contributed by atoms with van der Waals surface area (Å²) in [5.74, 6) is 0.769. The predicted octanol–water partition coefficient (Wildman–Crippen LogP) is 7.13. The lowest BCUT2D eigenvalue weighted by atomic mass is 9.72. The first-order valence-electron chi connectivity index (χ1n) is 11.4. The van der Waals surface area contributed by atoms with E-state index in [1.807, 2.05) is 0 Å². The molecule has 1 aliphatic carbocycles. The molecule has 0 N–H and O–H groups in total. The first-order chi connectivity index (χ1) is 17.1. The molecule has 0 saturated carbocycles. The van der Waals surface area contributed by atoms with Crippen molar-refractivity contribution >= 4 is 33.9 Å². The van der Waals surface area contributed by atoms with Gasteiger partial charge in [-0.1, -0.05) is 32.9 Å². The first-order valence-corrected chi connectivity index (χ1v) is 12.2. The number of ether oxygens (including phenoxy) is 1. The Kier molecular flexibility index (Phi) is 6.86. The number of thiophene rings is 1. The van der Waals surface area contributed by atoms with Gasteiger partial charge in [0, 0.05) is 17.2 Å². The molecule has 0 saturated heterocycles. The molecule has 0 aliphatic heterocycles. The van der Waals surface area contributed by atoms with Crippen molar-refractivity contribution < 1.29 is 14.6 Å². The van der Waals surface area contributed by atoms with Gasteiger partial charge in [-0.25, -0.2) is 4.99 Å². The number of rotatable bonds is 6. The summed E-state index contributed by atoms with van der Waals surface area (Å²) >= 11 is 1.56. The Bertz CT molecular complexity index is 1410. The van der Waals surface area contributed by atoms with Crippen LogP contribution in [-0.2, 0) is 12.8 Å². The topological polar surface area (TPSA) is 132 Å². The van der Waals surface area contributed by atoms with Crippen LogP contribution in [0.2, 0.25) is 0 Å². The van der Waals surface area contributed by atoms with Gasteiger partial charge in [0.05, 0.1) is 21.5 Å². The minimum absolute atomic E-state index is 0.106. The molecule has 1 aromatic heterocycles. The van der Waals surface area contributed by atoms with Gasteiger partial charge in [0.25, 0.3) is 5.69 Å². The molecular weight excluding hydrogens is 480 g/mol. The average Bonchev–Trinajstić information content (AvgIpc) is 3.19. The number of benzene rings is 2. The monoisotopic (exact) mass is 504 g/mol. The molecule has 3 aromatic rings. The zero-order valence-electron chi connectivity index (χ0n) is 20.1. The molecule has 0 unspecified atom stereocenters. The highest BCUT2D eigenvalue weighted by molar-refractivity contribution is 7.16. The number of nitro benzene ring substituents is 2. The fraction of sp³-hybridized carbons (Fsp3) is 0.308. The van der Waals surface area contributed by atoms with Gasteiger partial charge in [-0.2, -0.15) is 5.26 Å². The Labute approximate surface area is 212 Å². The van der Waals surface area contributed by atoms with Crippen molar-refractivity contribution in [1.29, 1.82) is 5.26 Å². The van der Waals surface area contributed by atoms with E-state index >= 15 is 0 Å². The van der Waals surface area contributed by atoms with Crippen LogP contribution in [0.1, 0.15) is 48.8 Å². The van der Waals surface area contributed by atoms with Crippen LogP contribution < -0.4 is 4.74 Å². The fourth-order valence-corrected chi connectivity index (χ4v) is 5.51. The summed E-state index contributed by atoms with van der Waals surface area (Å²) < 4.78 is 5.68. The van der Waals surface area contributed by atoms with Crippen LogP contribution in [0, 0.1) is 42.9 Å². The zero-order chi connectivity index (χ0) is 26.0. The molecule has 0 spiro atoms. The Hall–Kier alpha value is -4.10. The van der Waals surface area contributed by atoms with Gasteiger partial charge < -0.3 is 4.74 Å². The Morgan fingerprint density at radius 2 is 1.94 bits per heavy atom. The van der Waals surface area contributed by atoms with Crippen LogP contribution in [0.15, 0.2) is 47.5 Å². The van der Waals surface area contributed by atoms with Gasteiger partial charge in [0.2, 0.25) is 5.75 Å². The molecule has 4 rings (SSSR count). The molecule has 10 heteroatoms. The standard InChI is InChI=1S/C26H24N4O5S/c1-26(2,3)17-7-9-20-21(14-27)25(36-24(20)12-17)28-15-16-5-4-6-19(11-16)35-23-10-8-18(29(31)32)13-22(23)30(33)34/h4-6,8,10-11,13,15,17H,7,9,12H2,1-3H3/t17-/m0/s1. The molecule has 0 fully saturated rings. The molecule has 0 bridgehead atoms. The third kappa shape index (κ3) is 5.26. The van der Waals surface area contributed by atoms with Gasteiger partial charge in [-0.05, 0) is 59.9 Å². The minimum Gasteiger partial charge on any atom is -0.450 e. The smallest absolute Gasteiger partial charge is 0.318 e. The van der Waals surface area contributed by atoms with E-state index in [4.69, 9.17) is 4.74 Å². The summed E-state index contributed by atoms with van der Waals surface area (Å²) in [5, 5.41) is 32.8. The Morgan fingerprint density at radius 3 is 2.61 bits per heavy atom. The van der Waals surface area contributed by atoms with E-state index < -0.39 is 21.2 Å². The van der Waals surface area contributed by atoms with Crippen molar-refractivity contribution in [3.63, 3.8) is 0 Å².